The number of hydrogen-bond acceptors (Lipinski definition) is 2. The van der Waals surface area contributed by atoms with Crippen LogP contribution in [0.5, 0.6) is 0 Å². The molecular formula is C12H19BrN2. The molecule has 0 saturated carbocycles. The molecule has 0 aromatic heterocycles. The van der Waals surface area contributed by atoms with Crippen LogP contribution in [0.4, 0.5) is 0 Å². The topological polar surface area (TPSA) is 24.1 Å². The molecule has 1 aromatic carbocycles. The summed E-state index contributed by atoms with van der Waals surface area (Å²) >= 11 is 3.58. The third-order valence-corrected chi connectivity index (χ3v) is 3.08. The van der Waals surface area contributed by atoms with Crippen LogP contribution in [0.25, 0.3) is 0 Å². The second-order valence-corrected chi connectivity index (χ2v) is 4.78. The Labute approximate surface area is 101 Å². The monoisotopic (exact) mass is 270 g/mol. The molecule has 0 bridgehead atoms. The largest absolute Gasteiger partial charge is 0.313 e. The summed E-state index contributed by atoms with van der Waals surface area (Å²) in [7, 11) is 1.99. The van der Waals surface area contributed by atoms with Crippen LogP contribution in [0.15, 0.2) is 28.7 Å². The molecule has 1 atom stereocenters. The fourth-order valence-corrected chi connectivity index (χ4v) is 2.04. The van der Waals surface area contributed by atoms with Crippen LogP contribution < -0.4 is 10.6 Å². The van der Waals surface area contributed by atoms with Crippen LogP contribution in [0.1, 0.15) is 25.5 Å². The number of halogens is 1. The third kappa shape index (κ3) is 3.93. The van der Waals surface area contributed by atoms with Crippen LogP contribution >= 0.6 is 15.9 Å². The van der Waals surface area contributed by atoms with Crippen LogP contribution in [-0.4, -0.2) is 19.6 Å². The molecule has 2 nitrogen and oxygen atoms in total. The van der Waals surface area contributed by atoms with Gasteiger partial charge in [0.2, 0.25) is 0 Å². The van der Waals surface area contributed by atoms with E-state index in [0.717, 1.165) is 11.0 Å². The van der Waals surface area contributed by atoms with E-state index < -0.39 is 0 Å². The van der Waals surface area contributed by atoms with Gasteiger partial charge in [-0.1, -0.05) is 48.0 Å². The van der Waals surface area contributed by atoms with Gasteiger partial charge in [0, 0.05) is 23.1 Å². The second kappa shape index (κ2) is 6.26. The van der Waals surface area contributed by atoms with Gasteiger partial charge >= 0.3 is 0 Å². The third-order valence-electron chi connectivity index (χ3n) is 2.36. The highest BCUT2D eigenvalue weighted by Crippen LogP contribution is 2.22. The van der Waals surface area contributed by atoms with Crippen molar-refractivity contribution in [2.24, 2.45) is 0 Å². The van der Waals surface area contributed by atoms with E-state index in [0.29, 0.717) is 12.1 Å². The van der Waals surface area contributed by atoms with Gasteiger partial charge < -0.3 is 10.6 Å². The Morgan fingerprint density at radius 2 is 1.93 bits per heavy atom. The van der Waals surface area contributed by atoms with Crippen molar-refractivity contribution in [3.8, 4) is 0 Å². The smallest absolute Gasteiger partial charge is 0.0455 e. The molecule has 0 spiro atoms. The highest BCUT2D eigenvalue weighted by molar-refractivity contribution is 9.10. The molecule has 2 N–H and O–H groups in total. The average Bonchev–Trinajstić information content (AvgIpc) is 2.21. The Morgan fingerprint density at radius 3 is 2.47 bits per heavy atom. The fourth-order valence-electron chi connectivity index (χ4n) is 1.48. The Morgan fingerprint density at radius 1 is 1.27 bits per heavy atom. The van der Waals surface area contributed by atoms with Crippen molar-refractivity contribution in [2.45, 2.75) is 25.9 Å². The number of nitrogens with one attached hydrogen (secondary N) is 2. The van der Waals surface area contributed by atoms with Gasteiger partial charge in [-0.2, -0.15) is 0 Å². The predicted molar refractivity (Wildman–Crippen MR) is 69.1 cm³/mol. The van der Waals surface area contributed by atoms with Crippen molar-refractivity contribution in [3.63, 3.8) is 0 Å². The summed E-state index contributed by atoms with van der Waals surface area (Å²) in [5.74, 6) is 0. The molecule has 3 heteroatoms. The molecule has 0 aliphatic carbocycles. The van der Waals surface area contributed by atoms with Gasteiger partial charge in [0.1, 0.15) is 0 Å². The first-order valence-corrected chi connectivity index (χ1v) is 6.09. The minimum Gasteiger partial charge on any atom is -0.313 e. The second-order valence-electron chi connectivity index (χ2n) is 3.93. The summed E-state index contributed by atoms with van der Waals surface area (Å²) in [6, 6.07) is 9.20. The summed E-state index contributed by atoms with van der Waals surface area (Å²) in [4.78, 5) is 0. The van der Waals surface area contributed by atoms with Crippen molar-refractivity contribution >= 4 is 15.9 Å². The lowest BCUT2D eigenvalue weighted by atomic mass is 10.1. The molecule has 0 aliphatic rings. The zero-order valence-electron chi connectivity index (χ0n) is 9.55. The average molecular weight is 271 g/mol. The Hall–Kier alpha value is -0.380. The molecule has 15 heavy (non-hydrogen) atoms. The summed E-state index contributed by atoms with van der Waals surface area (Å²) in [5, 5.41) is 6.76. The zero-order chi connectivity index (χ0) is 11.3. The molecule has 0 aliphatic heterocycles. The van der Waals surface area contributed by atoms with E-state index in [9.17, 15) is 0 Å². The lowest BCUT2D eigenvalue weighted by molar-refractivity contribution is 0.490. The Bertz CT molecular complexity index is 299. The molecule has 1 rings (SSSR count). The predicted octanol–water partition coefficient (Wildman–Crippen LogP) is 2.71. The standard InChI is InChI=1S/C12H19BrN2/c1-9(2)15-8-12(14-3)10-6-4-5-7-11(10)13/h4-7,9,12,14-15H,8H2,1-3H3. The maximum Gasteiger partial charge on any atom is 0.0455 e. The highest BCUT2D eigenvalue weighted by atomic mass is 79.9. The van der Waals surface area contributed by atoms with Gasteiger partial charge in [-0.3, -0.25) is 0 Å². The lowest BCUT2D eigenvalue weighted by Gasteiger charge is -2.20. The van der Waals surface area contributed by atoms with Crippen LogP contribution in [0.3, 0.4) is 0 Å². The first-order chi connectivity index (χ1) is 7.15. The SMILES string of the molecule is CNC(CNC(C)C)c1ccccc1Br. The number of rotatable bonds is 5. The number of benzene rings is 1. The van der Waals surface area contributed by atoms with Crippen LogP contribution in [-0.2, 0) is 0 Å². The van der Waals surface area contributed by atoms with Crippen molar-refractivity contribution in [1.82, 2.24) is 10.6 Å². The van der Waals surface area contributed by atoms with Gasteiger partial charge in [0.25, 0.3) is 0 Å². The van der Waals surface area contributed by atoms with Crippen LogP contribution in [0, 0.1) is 0 Å². The molecule has 0 fully saturated rings. The molecule has 0 saturated heterocycles. The summed E-state index contributed by atoms with van der Waals surface area (Å²) in [6.45, 7) is 5.26. The van der Waals surface area contributed by atoms with Gasteiger partial charge in [-0.05, 0) is 18.7 Å². The Balaban J connectivity index is 2.70. The maximum absolute atomic E-state index is 3.58. The van der Waals surface area contributed by atoms with Crippen molar-refractivity contribution in [2.75, 3.05) is 13.6 Å². The zero-order valence-corrected chi connectivity index (χ0v) is 11.1. The van der Waals surface area contributed by atoms with E-state index in [1.54, 1.807) is 0 Å². The van der Waals surface area contributed by atoms with Gasteiger partial charge in [0.05, 0.1) is 0 Å². The van der Waals surface area contributed by atoms with E-state index in [2.05, 4.69) is 58.6 Å². The first-order valence-electron chi connectivity index (χ1n) is 5.30. The molecule has 1 aromatic rings. The molecular weight excluding hydrogens is 252 g/mol. The Kier molecular flexibility index (Phi) is 5.29. The summed E-state index contributed by atoms with van der Waals surface area (Å²) in [6.07, 6.45) is 0. The van der Waals surface area contributed by atoms with E-state index in [1.165, 1.54) is 5.56 Å². The number of likely N-dealkylation sites (N-methyl/N-ethyl adjacent to an activating group) is 1. The van der Waals surface area contributed by atoms with Gasteiger partial charge in [0.15, 0.2) is 0 Å². The molecule has 0 amide bonds. The van der Waals surface area contributed by atoms with E-state index in [4.69, 9.17) is 0 Å². The normalized spacial score (nSPS) is 13.1. The highest BCUT2D eigenvalue weighted by Gasteiger charge is 2.11. The summed E-state index contributed by atoms with van der Waals surface area (Å²) < 4.78 is 1.16. The molecule has 0 radical (unpaired) electrons. The number of hydrogen-bond donors (Lipinski definition) is 2. The van der Waals surface area contributed by atoms with Crippen LogP contribution in [0.2, 0.25) is 0 Å². The van der Waals surface area contributed by atoms with Crippen molar-refractivity contribution in [1.29, 1.82) is 0 Å². The van der Waals surface area contributed by atoms with Crippen molar-refractivity contribution in [3.05, 3.63) is 34.3 Å². The minimum absolute atomic E-state index is 0.350. The fraction of sp³-hybridized carbons (Fsp3) is 0.500. The van der Waals surface area contributed by atoms with Gasteiger partial charge in [-0.15, -0.1) is 0 Å². The molecule has 1 unspecified atom stereocenters. The summed E-state index contributed by atoms with van der Waals surface area (Å²) in [5.41, 5.74) is 1.30. The van der Waals surface area contributed by atoms with E-state index in [1.807, 2.05) is 13.1 Å². The van der Waals surface area contributed by atoms with Crippen molar-refractivity contribution < 1.29 is 0 Å². The van der Waals surface area contributed by atoms with E-state index >= 15 is 0 Å². The van der Waals surface area contributed by atoms with Gasteiger partial charge in [-0.25, -0.2) is 0 Å². The lowest BCUT2D eigenvalue weighted by Crippen LogP contribution is -2.33. The quantitative estimate of drug-likeness (QED) is 0.860. The van der Waals surface area contributed by atoms with E-state index in [-0.39, 0.29) is 0 Å². The minimum atomic E-state index is 0.350. The first kappa shape index (κ1) is 12.7. The molecule has 0 heterocycles. The maximum atomic E-state index is 3.58. The molecule has 84 valence electrons.